The summed E-state index contributed by atoms with van der Waals surface area (Å²) >= 11 is 0. The molecule has 188 valence electrons. The zero-order chi connectivity index (χ0) is 26.9. The lowest BCUT2D eigenvalue weighted by atomic mass is 10.1. The van der Waals surface area contributed by atoms with Crippen LogP contribution in [-0.4, -0.2) is 21.7 Å². The molecule has 0 aliphatic carbocycles. The van der Waals surface area contributed by atoms with Crippen molar-refractivity contribution in [2.24, 2.45) is 4.99 Å². The monoisotopic (exact) mass is 513 g/mol. The fourth-order valence-corrected chi connectivity index (χ4v) is 3.31. The van der Waals surface area contributed by atoms with Gasteiger partial charge in [-0.2, -0.15) is 13.2 Å². The zero-order valence-electron chi connectivity index (χ0n) is 18.7. The minimum absolute atomic E-state index is 0.0785. The maximum atomic E-state index is 12.9. The van der Waals surface area contributed by atoms with Crippen molar-refractivity contribution in [3.63, 3.8) is 0 Å². The quantitative estimate of drug-likeness (QED) is 0.172. The molecule has 0 N–H and O–H groups in total. The van der Waals surface area contributed by atoms with Crippen molar-refractivity contribution in [3.8, 4) is 11.5 Å². The van der Waals surface area contributed by atoms with Crippen molar-refractivity contribution in [2.45, 2.75) is 13.1 Å². The van der Waals surface area contributed by atoms with Crippen LogP contribution in [0.5, 0.6) is 11.5 Å². The number of carbonyl (C=O) groups excluding carboxylic acids is 1. The van der Waals surface area contributed by atoms with Gasteiger partial charge in [0.05, 0.1) is 15.4 Å². The molecule has 0 amide bonds. The minimum atomic E-state index is -4.75. The molecule has 0 radical (unpaired) electrons. The molecular weight excluding hydrogens is 499 g/mol. The molecule has 3 aromatic rings. The summed E-state index contributed by atoms with van der Waals surface area (Å²) < 4.78 is 49.2. The van der Waals surface area contributed by atoms with Crippen LogP contribution in [0.4, 0.5) is 24.5 Å². The molecule has 3 aromatic carbocycles. The first-order valence-electron chi connectivity index (χ1n) is 10.3. The molecule has 0 fully saturated rings. The second-order valence-corrected chi connectivity index (χ2v) is 7.70. The predicted molar refractivity (Wildman–Crippen MR) is 123 cm³/mol. The number of ether oxygens (including phenoxy) is 2. The van der Waals surface area contributed by atoms with Crippen LogP contribution in [-0.2, 0) is 15.7 Å². The van der Waals surface area contributed by atoms with E-state index in [2.05, 4.69) is 4.99 Å². The molecule has 13 heteroatoms. The molecule has 1 aliphatic heterocycles. The van der Waals surface area contributed by atoms with E-state index in [4.69, 9.17) is 9.47 Å². The van der Waals surface area contributed by atoms with E-state index in [1.807, 2.05) is 0 Å². The molecule has 0 aromatic heterocycles. The van der Waals surface area contributed by atoms with Gasteiger partial charge in [-0.1, -0.05) is 18.2 Å². The minimum Gasteiger partial charge on any atom is -0.450 e. The molecule has 0 spiro atoms. The zero-order valence-corrected chi connectivity index (χ0v) is 18.7. The van der Waals surface area contributed by atoms with E-state index in [9.17, 15) is 38.2 Å². The van der Waals surface area contributed by atoms with E-state index < -0.39 is 33.2 Å². The van der Waals surface area contributed by atoms with Gasteiger partial charge < -0.3 is 9.47 Å². The van der Waals surface area contributed by atoms with Gasteiger partial charge in [-0.05, 0) is 48.9 Å². The normalized spacial score (nSPS) is 14.3. The lowest BCUT2D eigenvalue weighted by molar-refractivity contribution is -0.385. The van der Waals surface area contributed by atoms with Crippen molar-refractivity contribution in [1.82, 2.24) is 0 Å². The van der Waals surface area contributed by atoms with Gasteiger partial charge in [0, 0.05) is 23.3 Å². The van der Waals surface area contributed by atoms with Gasteiger partial charge in [0.25, 0.3) is 5.69 Å². The Morgan fingerprint density at radius 3 is 2.24 bits per heavy atom. The number of cyclic esters (lactones) is 1. The van der Waals surface area contributed by atoms with Crippen molar-refractivity contribution < 1.29 is 37.3 Å². The smallest absolute Gasteiger partial charge is 0.416 e. The number of rotatable bonds is 6. The number of nitro groups is 2. The lowest BCUT2D eigenvalue weighted by Gasteiger charge is -2.10. The number of carbonyl (C=O) groups is 1. The van der Waals surface area contributed by atoms with E-state index in [0.717, 1.165) is 6.07 Å². The summed E-state index contributed by atoms with van der Waals surface area (Å²) in [6.07, 6.45) is -3.38. The van der Waals surface area contributed by atoms with Crippen LogP contribution in [0.25, 0.3) is 6.08 Å². The number of halogens is 3. The number of benzene rings is 3. The third-order valence-corrected chi connectivity index (χ3v) is 5.17. The van der Waals surface area contributed by atoms with Crippen molar-refractivity contribution >= 4 is 29.3 Å². The molecule has 0 bridgehead atoms. The van der Waals surface area contributed by atoms with Crippen LogP contribution < -0.4 is 4.74 Å². The van der Waals surface area contributed by atoms with Crippen LogP contribution in [0.15, 0.2) is 71.4 Å². The van der Waals surface area contributed by atoms with Crippen LogP contribution in [0, 0.1) is 27.2 Å². The third-order valence-electron chi connectivity index (χ3n) is 5.17. The summed E-state index contributed by atoms with van der Waals surface area (Å²) in [7, 11) is 0. The Morgan fingerprint density at radius 2 is 1.62 bits per heavy atom. The van der Waals surface area contributed by atoms with Gasteiger partial charge in [-0.3, -0.25) is 20.2 Å². The second-order valence-electron chi connectivity index (χ2n) is 7.70. The molecule has 37 heavy (non-hydrogen) atoms. The summed E-state index contributed by atoms with van der Waals surface area (Å²) in [5, 5.41) is 22.4. The average molecular weight is 513 g/mol. The molecule has 1 heterocycles. The number of esters is 1. The molecule has 0 unspecified atom stereocenters. The lowest BCUT2D eigenvalue weighted by Crippen LogP contribution is -2.06. The molecule has 0 saturated carbocycles. The molecule has 1 aliphatic rings. The Bertz CT molecular complexity index is 1500. The fourth-order valence-electron chi connectivity index (χ4n) is 3.31. The van der Waals surface area contributed by atoms with E-state index >= 15 is 0 Å². The number of alkyl halides is 3. The average Bonchev–Trinajstić information content (AvgIpc) is 3.19. The maximum absolute atomic E-state index is 12.9. The SMILES string of the molecule is Cc1ccc(C2=N/C(=C\c3ccc(Oc4ccc(C(F)(F)F)cc4[N+](=O)[O-])cc3)C(=O)O2)cc1[N+](=O)[O-]. The first-order valence-corrected chi connectivity index (χ1v) is 10.3. The topological polar surface area (TPSA) is 134 Å². The summed E-state index contributed by atoms with van der Waals surface area (Å²) in [4.78, 5) is 37.2. The number of hydrogen-bond acceptors (Lipinski definition) is 8. The van der Waals surface area contributed by atoms with Crippen LogP contribution >= 0.6 is 0 Å². The van der Waals surface area contributed by atoms with E-state index in [1.54, 1.807) is 6.92 Å². The first-order chi connectivity index (χ1) is 17.4. The van der Waals surface area contributed by atoms with Gasteiger partial charge >= 0.3 is 17.8 Å². The number of aryl methyl sites for hydroxylation is 1. The Balaban J connectivity index is 1.55. The van der Waals surface area contributed by atoms with Crippen molar-refractivity contribution in [1.29, 1.82) is 0 Å². The highest BCUT2D eigenvalue weighted by atomic mass is 19.4. The first kappa shape index (κ1) is 25.0. The molecule has 0 saturated heterocycles. The fraction of sp³-hybridized carbons (Fsp3) is 0.0833. The van der Waals surface area contributed by atoms with Gasteiger partial charge in [0.1, 0.15) is 5.75 Å². The van der Waals surface area contributed by atoms with Crippen LogP contribution in [0.3, 0.4) is 0 Å². The van der Waals surface area contributed by atoms with Crippen molar-refractivity contribution in [2.75, 3.05) is 0 Å². The summed E-state index contributed by atoms with van der Waals surface area (Å²) in [5.74, 6) is -1.17. The van der Waals surface area contributed by atoms with E-state index in [0.29, 0.717) is 23.3 Å². The summed E-state index contributed by atoms with van der Waals surface area (Å²) in [6, 6.07) is 11.9. The highest BCUT2D eigenvalue weighted by Gasteiger charge is 2.33. The molecular formula is C24H14F3N3O7. The number of aliphatic imine (C=N–C) groups is 1. The Hall–Kier alpha value is -5.07. The molecule has 0 atom stereocenters. The summed E-state index contributed by atoms with van der Waals surface area (Å²) in [5.41, 5.74) is -1.14. The van der Waals surface area contributed by atoms with Gasteiger partial charge in [-0.15, -0.1) is 0 Å². The van der Waals surface area contributed by atoms with Crippen molar-refractivity contribution in [3.05, 3.63) is 109 Å². The summed E-state index contributed by atoms with van der Waals surface area (Å²) in [6.45, 7) is 1.57. The third kappa shape index (κ3) is 5.45. The molecule has 10 nitrogen and oxygen atoms in total. The largest absolute Gasteiger partial charge is 0.450 e. The van der Waals surface area contributed by atoms with Gasteiger partial charge in [0.15, 0.2) is 5.70 Å². The number of nitrogens with zero attached hydrogens (tertiary/aromatic N) is 3. The number of nitro benzene ring substituents is 2. The highest BCUT2D eigenvalue weighted by Crippen LogP contribution is 2.38. The van der Waals surface area contributed by atoms with E-state index in [1.165, 1.54) is 48.5 Å². The Kier molecular flexibility index (Phi) is 6.45. The van der Waals surface area contributed by atoms with Crippen LogP contribution in [0.2, 0.25) is 0 Å². The van der Waals surface area contributed by atoms with E-state index in [-0.39, 0.29) is 34.3 Å². The Labute approximate surface area is 205 Å². The highest BCUT2D eigenvalue weighted by molar-refractivity contribution is 6.13. The molecule has 4 rings (SSSR count). The second kappa shape index (κ2) is 9.53. The van der Waals surface area contributed by atoms with Crippen LogP contribution in [0.1, 0.15) is 22.3 Å². The Morgan fingerprint density at radius 1 is 0.946 bits per heavy atom. The van der Waals surface area contributed by atoms with Gasteiger partial charge in [0.2, 0.25) is 11.6 Å². The number of hydrogen-bond donors (Lipinski definition) is 0. The van der Waals surface area contributed by atoms with Gasteiger partial charge in [-0.25, -0.2) is 9.79 Å². The maximum Gasteiger partial charge on any atom is 0.416 e. The predicted octanol–water partition coefficient (Wildman–Crippen LogP) is 5.97. The standard InChI is InChI=1S/C24H14F3N3O7/c1-13-2-5-15(11-19(13)29(32)33)22-28-18(23(31)37-22)10-14-3-7-17(8-4-14)36-21-9-6-16(24(25,26)27)12-20(21)30(34)35/h2-12H,1H3/b18-10-.